The smallest absolute Gasteiger partial charge is 0.269 e. The molecular formula is C14H18N4O2. The van der Waals surface area contributed by atoms with E-state index in [1.807, 2.05) is 13.8 Å². The lowest BCUT2D eigenvalue weighted by Crippen LogP contribution is -2.48. The first-order valence-electron chi connectivity index (χ1n) is 6.29. The van der Waals surface area contributed by atoms with Crippen molar-refractivity contribution in [2.75, 3.05) is 6.54 Å². The van der Waals surface area contributed by atoms with E-state index in [-0.39, 0.29) is 11.7 Å². The van der Waals surface area contributed by atoms with E-state index in [0.717, 1.165) is 0 Å². The van der Waals surface area contributed by atoms with Crippen LogP contribution in [0.3, 0.4) is 0 Å². The summed E-state index contributed by atoms with van der Waals surface area (Å²) in [6.07, 6.45) is 0. The van der Waals surface area contributed by atoms with Crippen LogP contribution in [0.5, 0.6) is 5.75 Å². The zero-order valence-electron chi connectivity index (χ0n) is 11.5. The molecule has 0 aliphatic carbocycles. The number of hydrogen-bond acceptors (Lipinski definition) is 4. The van der Waals surface area contributed by atoms with Gasteiger partial charge in [0.1, 0.15) is 11.4 Å². The fourth-order valence-electron chi connectivity index (χ4n) is 1.69. The summed E-state index contributed by atoms with van der Waals surface area (Å²) in [7, 11) is 0. The molecule has 1 heterocycles. The minimum Gasteiger partial charge on any atom is -0.507 e. The number of nitrogens with zero attached hydrogens (tertiary/aromatic N) is 1. The number of rotatable bonds is 4. The first-order chi connectivity index (χ1) is 9.43. The first-order valence-corrected chi connectivity index (χ1v) is 6.29. The number of aromatic amines is 1. The van der Waals surface area contributed by atoms with Crippen molar-refractivity contribution in [3.05, 3.63) is 36.0 Å². The van der Waals surface area contributed by atoms with Crippen molar-refractivity contribution in [2.24, 2.45) is 5.73 Å². The Morgan fingerprint density at radius 2 is 2.15 bits per heavy atom. The molecule has 0 bridgehead atoms. The molecule has 0 spiro atoms. The molecule has 1 aromatic heterocycles. The Bertz CT molecular complexity index is 619. The number of aromatic hydroxyl groups is 1. The van der Waals surface area contributed by atoms with Gasteiger partial charge in [0.05, 0.1) is 5.69 Å². The van der Waals surface area contributed by atoms with Gasteiger partial charge >= 0.3 is 0 Å². The van der Waals surface area contributed by atoms with E-state index in [1.54, 1.807) is 30.3 Å². The number of carbonyl (C=O) groups excluding carboxylic acids is 1. The van der Waals surface area contributed by atoms with Crippen molar-refractivity contribution in [2.45, 2.75) is 19.4 Å². The highest BCUT2D eigenvalue weighted by atomic mass is 16.3. The SMILES string of the molecule is CC(C)(CN)NC(=O)c1cc(-c2ccccc2O)n[nH]1. The van der Waals surface area contributed by atoms with Gasteiger partial charge < -0.3 is 16.2 Å². The molecule has 6 heteroatoms. The maximum Gasteiger partial charge on any atom is 0.269 e. The van der Waals surface area contributed by atoms with Crippen LogP contribution >= 0.6 is 0 Å². The molecule has 0 saturated carbocycles. The number of nitrogens with two attached hydrogens (primary N) is 1. The molecular weight excluding hydrogens is 256 g/mol. The number of benzene rings is 1. The Balaban J connectivity index is 2.22. The van der Waals surface area contributed by atoms with Crippen LogP contribution in [0.4, 0.5) is 0 Å². The van der Waals surface area contributed by atoms with Crippen LogP contribution in [0.25, 0.3) is 11.3 Å². The van der Waals surface area contributed by atoms with Gasteiger partial charge in [0, 0.05) is 17.6 Å². The number of phenols is 1. The van der Waals surface area contributed by atoms with E-state index in [2.05, 4.69) is 15.5 Å². The zero-order valence-corrected chi connectivity index (χ0v) is 11.5. The van der Waals surface area contributed by atoms with Crippen LogP contribution in [0.1, 0.15) is 24.3 Å². The van der Waals surface area contributed by atoms with Gasteiger partial charge in [0.25, 0.3) is 5.91 Å². The van der Waals surface area contributed by atoms with Crippen molar-refractivity contribution in [3.8, 4) is 17.0 Å². The van der Waals surface area contributed by atoms with Gasteiger partial charge in [-0.05, 0) is 32.0 Å². The topological polar surface area (TPSA) is 104 Å². The van der Waals surface area contributed by atoms with E-state index in [9.17, 15) is 9.90 Å². The summed E-state index contributed by atoms with van der Waals surface area (Å²) in [6.45, 7) is 4.01. The maximum absolute atomic E-state index is 12.0. The lowest BCUT2D eigenvalue weighted by Gasteiger charge is -2.23. The first kappa shape index (κ1) is 14.1. The molecule has 6 nitrogen and oxygen atoms in total. The summed E-state index contributed by atoms with van der Waals surface area (Å²) in [5.41, 5.74) is 6.49. The number of para-hydroxylation sites is 1. The Morgan fingerprint density at radius 3 is 2.80 bits per heavy atom. The van der Waals surface area contributed by atoms with Gasteiger partial charge in [-0.1, -0.05) is 12.1 Å². The lowest BCUT2D eigenvalue weighted by atomic mass is 10.1. The minimum absolute atomic E-state index is 0.119. The molecule has 0 unspecified atom stereocenters. The van der Waals surface area contributed by atoms with Crippen molar-refractivity contribution in [3.63, 3.8) is 0 Å². The van der Waals surface area contributed by atoms with Gasteiger partial charge in [0.15, 0.2) is 0 Å². The van der Waals surface area contributed by atoms with Crippen LogP contribution in [0, 0.1) is 0 Å². The van der Waals surface area contributed by atoms with E-state index < -0.39 is 5.54 Å². The van der Waals surface area contributed by atoms with Gasteiger partial charge in [-0.2, -0.15) is 5.10 Å². The number of aromatic nitrogens is 2. The van der Waals surface area contributed by atoms with E-state index in [4.69, 9.17) is 5.73 Å². The molecule has 0 aliphatic rings. The van der Waals surface area contributed by atoms with Crippen LogP contribution < -0.4 is 11.1 Å². The maximum atomic E-state index is 12.0. The Hall–Kier alpha value is -2.34. The van der Waals surface area contributed by atoms with Gasteiger partial charge in [0.2, 0.25) is 0 Å². The zero-order chi connectivity index (χ0) is 14.8. The van der Waals surface area contributed by atoms with Crippen LogP contribution in [0.15, 0.2) is 30.3 Å². The third-order valence-electron chi connectivity index (χ3n) is 2.96. The van der Waals surface area contributed by atoms with E-state index in [1.165, 1.54) is 0 Å². The molecule has 0 aliphatic heterocycles. The Labute approximate surface area is 117 Å². The molecule has 1 amide bonds. The quantitative estimate of drug-likeness (QED) is 0.673. The molecule has 2 aromatic rings. The number of phenolic OH excluding ortho intramolecular Hbond substituents is 1. The molecule has 0 saturated heterocycles. The minimum atomic E-state index is -0.489. The van der Waals surface area contributed by atoms with Gasteiger partial charge in [-0.25, -0.2) is 0 Å². The normalized spacial score (nSPS) is 11.3. The Kier molecular flexibility index (Phi) is 3.76. The van der Waals surface area contributed by atoms with Crippen molar-refractivity contribution in [1.82, 2.24) is 15.5 Å². The number of H-pyrrole nitrogens is 1. The van der Waals surface area contributed by atoms with Gasteiger partial charge in [-0.3, -0.25) is 9.89 Å². The second-order valence-corrected chi connectivity index (χ2v) is 5.23. The fourth-order valence-corrected chi connectivity index (χ4v) is 1.69. The van der Waals surface area contributed by atoms with Crippen LogP contribution in [-0.4, -0.2) is 33.3 Å². The summed E-state index contributed by atoms with van der Waals surface area (Å²) < 4.78 is 0. The van der Waals surface area contributed by atoms with Crippen LogP contribution in [-0.2, 0) is 0 Å². The third kappa shape index (κ3) is 2.97. The molecule has 106 valence electrons. The molecule has 0 atom stereocenters. The second kappa shape index (κ2) is 5.34. The summed E-state index contributed by atoms with van der Waals surface area (Å²) >= 11 is 0. The largest absolute Gasteiger partial charge is 0.507 e. The standard InChI is InChI=1S/C14H18N4O2/c1-14(2,8-15)16-13(20)11-7-10(17-18-11)9-5-3-4-6-12(9)19/h3-7,19H,8,15H2,1-2H3,(H,16,20)(H,17,18). The fraction of sp³-hybridized carbons (Fsp3) is 0.286. The molecule has 0 fully saturated rings. The average molecular weight is 274 g/mol. The summed E-state index contributed by atoms with van der Waals surface area (Å²) in [5, 5.41) is 19.3. The van der Waals surface area contributed by atoms with Crippen molar-refractivity contribution < 1.29 is 9.90 Å². The van der Waals surface area contributed by atoms with Gasteiger partial charge in [-0.15, -0.1) is 0 Å². The predicted octanol–water partition coefficient (Wildman–Crippen LogP) is 1.25. The lowest BCUT2D eigenvalue weighted by molar-refractivity contribution is 0.0910. The second-order valence-electron chi connectivity index (χ2n) is 5.23. The van der Waals surface area contributed by atoms with E-state index >= 15 is 0 Å². The summed E-state index contributed by atoms with van der Waals surface area (Å²) in [4.78, 5) is 12.0. The van der Waals surface area contributed by atoms with Crippen LogP contribution in [0.2, 0.25) is 0 Å². The van der Waals surface area contributed by atoms with Crippen molar-refractivity contribution >= 4 is 5.91 Å². The summed E-state index contributed by atoms with van der Waals surface area (Å²) in [5.74, 6) is -0.164. The van der Waals surface area contributed by atoms with E-state index in [0.29, 0.717) is 23.5 Å². The Morgan fingerprint density at radius 1 is 1.45 bits per heavy atom. The molecule has 0 radical (unpaired) electrons. The predicted molar refractivity (Wildman–Crippen MR) is 76.3 cm³/mol. The number of amides is 1. The highest BCUT2D eigenvalue weighted by molar-refractivity contribution is 5.94. The molecule has 1 aromatic carbocycles. The highest BCUT2D eigenvalue weighted by Gasteiger charge is 2.21. The molecule has 5 N–H and O–H groups in total. The number of nitrogens with one attached hydrogen (secondary N) is 2. The van der Waals surface area contributed by atoms with Crippen molar-refractivity contribution in [1.29, 1.82) is 0 Å². The molecule has 2 rings (SSSR count). The average Bonchev–Trinajstić information content (AvgIpc) is 2.88. The summed E-state index contributed by atoms with van der Waals surface area (Å²) in [6, 6.07) is 8.42. The molecule has 20 heavy (non-hydrogen) atoms. The monoisotopic (exact) mass is 274 g/mol. The number of carbonyl (C=O) groups is 1. The highest BCUT2D eigenvalue weighted by Crippen LogP contribution is 2.27. The third-order valence-corrected chi connectivity index (χ3v) is 2.96. The number of hydrogen-bond donors (Lipinski definition) is 4.